The SMILES string of the molecule is NC(CCc1ccccc1)C1CN2CCN1CC2. The highest BCUT2D eigenvalue weighted by Gasteiger charge is 2.34. The predicted molar refractivity (Wildman–Crippen MR) is 74.5 cm³/mol. The van der Waals surface area contributed by atoms with Crippen LogP contribution in [0.1, 0.15) is 12.0 Å². The monoisotopic (exact) mass is 245 g/mol. The number of aryl methyl sites for hydroxylation is 1. The standard InChI is InChI=1S/C15H23N3/c16-14(7-6-13-4-2-1-3-5-13)15-12-17-8-10-18(15)11-9-17/h1-5,14-15H,6-12,16H2. The van der Waals surface area contributed by atoms with Crippen LogP contribution >= 0.6 is 0 Å². The summed E-state index contributed by atoms with van der Waals surface area (Å²) >= 11 is 0. The van der Waals surface area contributed by atoms with Crippen LogP contribution in [0.2, 0.25) is 0 Å². The Hall–Kier alpha value is -0.900. The number of nitrogens with two attached hydrogens (primary N) is 1. The largest absolute Gasteiger partial charge is 0.326 e. The third-order valence-electron chi connectivity index (χ3n) is 4.42. The minimum absolute atomic E-state index is 0.313. The van der Waals surface area contributed by atoms with Crippen molar-refractivity contribution in [1.29, 1.82) is 0 Å². The van der Waals surface area contributed by atoms with Gasteiger partial charge in [-0.2, -0.15) is 0 Å². The molecule has 3 nitrogen and oxygen atoms in total. The van der Waals surface area contributed by atoms with Crippen LogP contribution in [-0.2, 0) is 6.42 Å². The molecule has 0 aliphatic carbocycles. The molecular weight excluding hydrogens is 222 g/mol. The molecule has 0 spiro atoms. The summed E-state index contributed by atoms with van der Waals surface area (Å²) in [6, 6.07) is 11.6. The molecule has 3 aliphatic heterocycles. The number of hydrogen-bond donors (Lipinski definition) is 1. The second-order valence-electron chi connectivity index (χ2n) is 5.59. The van der Waals surface area contributed by atoms with Crippen molar-refractivity contribution in [2.75, 3.05) is 32.7 Å². The van der Waals surface area contributed by atoms with E-state index >= 15 is 0 Å². The Labute approximate surface area is 110 Å². The molecule has 4 rings (SSSR count). The first kappa shape index (κ1) is 12.2. The van der Waals surface area contributed by atoms with Crippen LogP contribution in [0.15, 0.2) is 30.3 Å². The van der Waals surface area contributed by atoms with Crippen molar-refractivity contribution in [3.63, 3.8) is 0 Å². The average Bonchev–Trinajstić information content (AvgIpc) is 2.47. The molecule has 1 aromatic carbocycles. The van der Waals surface area contributed by atoms with Gasteiger partial charge in [-0.1, -0.05) is 30.3 Å². The van der Waals surface area contributed by atoms with E-state index in [1.807, 2.05) is 0 Å². The van der Waals surface area contributed by atoms with Gasteiger partial charge in [0, 0.05) is 44.8 Å². The maximum absolute atomic E-state index is 6.41. The molecule has 0 radical (unpaired) electrons. The van der Waals surface area contributed by atoms with Crippen LogP contribution in [0.5, 0.6) is 0 Å². The van der Waals surface area contributed by atoms with E-state index in [0.717, 1.165) is 12.8 Å². The second kappa shape index (κ2) is 5.39. The zero-order valence-corrected chi connectivity index (χ0v) is 11.0. The predicted octanol–water partition coefficient (Wildman–Crippen LogP) is 0.946. The molecule has 2 atom stereocenters. The molecule has 0 amide bonds. The van der Waals surface area contributed by atoms with Gasteiger partial charge in [0.25, 0.3) is 0 Å². The molecule has 0 saturated carbocycles. The Morgan fingerprint density at radius 2 is 1.83 bits per heavy atom. The summed E-state index contributed by atoms with van der Waals surface area (Å²) in [4.78, 5) is 5.16. The normalized spacial score (nSPS) is 32.4. The molecule has 3 fully saturated rings. The fourth-order valence-electron chi connectivity index (χ4n) is 3.23. The molecule has 2 unspecified atom stereocenters. The van der Waals surface area contributed by atoms with Crippen molar-refractivity contribution in [2.45, 2.75) is 24.9 Å². The molecule has 3 aliphatic rings. The van der Waals surface area contributed by atoms with Gasteiger partial charge in [0.15, 0.2) is 0 Å². The van der Waals surface area contributed by atoms with Crippen LogP contribution in [0.3, 0.4) is 0 Å². The summed E-state index contributed by atoms with van der Waals surface area (Å²) in [6.45, 7) is 6.08. The lowest BCUT2D eigenvalue weighted by atomic mass is 9.95. The third-order valence-corrected chi connectivity index (χ3v) is 4.42. The Morgan fingerprint density at radius 3 is 2.44 bits per heavy atom. The summed E-state index contributed by atoms with van der Waals surface area (Å²) < 4.78 is 0. The van der Waals surface area contributed by atoms with Gasteiger partial charge in [0.1, 0.15) is 0 Å². The van der Waals surface area contributed by atoms with Gasteiger partial charge in [-0.15, -0.1) is 0 Å². The first-order chi connectivity index (χ1) is 8.83. The quantitative estimate of drug-likeness (QED) is 0.857. The molecule has 3 heteroatoms. The minimum atomic E-state index is 0.313. The Kier molecular flexibility index (Phi) is 3.64. The number of rotatable bonds is 4. The number of fused-ring (bicyclic) bond motifs is 3. The van der Waals surface area contributed by atoms with E-state index < -0.39 is 0 Å². The topological polar surface area (TPSA) is 32.5 Å². The number of benzene rings is 1. The second-order valence-corrected chi connectivity index (χ2v) is 5.59. The van der Waals surface area contributed by atoms with Crippen molar-refractivity contribution < 1.29 is 0 Å². The summed E-state index contributed by atoms with van der Waals surface area (Å²) in [7, 11) is 0. The maximum atomic E-state index is 6.41. The van der Waals surface area contributed by atoms with E-state index in [4.69, 9.17) is 5.73 Å². The molecule has 3 saturated heterocycles. The van der Waals surface area contributed by atoms with Gasteiger partial charge in [0.2, 0.25) is 0 Å². The molecule has 2 bridgehead atoms. The van der Waals surface area contributed by atoms with Crippen molar-refractivity contribution in [2.24, 2.45) is 5.73 Å². The fraction of sp³-hybridized carbons (Fsp3) is 0.600. The summed E-state index contributed by atoms with van der Waals surface area (Å²) in [5, 5.41) is 0. The van der Waals surface area contributed by atoms with E-state index in [9.17, 15) is 0 Å². The molecule has 3 heterocycles. The Balaban J connectivity index is 1.54. The lowest BCUT2D eigenvalue weighted by Gasteiger charge is -2.49. The lowest BCUT2D eigenvalue weighted by Crippen LogP contribution is -2.65. The zero-order valence-electron chi connectivity index (χ0n) is 11.0. The highest BCUT2D eigenvalue weighted by molar-refractivity contribution is 5.15. The molecule has 2 N–H and O–H groups in total. The Bertz CT molecular complexity index is 371. The number of piperazine rings is 3. The van der Waals surface area contributed by atoms with Gasteiger partial charge in [0.05, 0.1) is 0 Å². The number of nitrogens with zero attached hydrogens (tertiary/aromatic N) is 2. The van der Waals surface area contributed by atoms with E-state index in [0.29, 0.717) is 12.1 Å². The maximum Gasteiger partial charge on any atom is 0.0375 e. The first-order valence-electron chi connectivity index (χ1n) is 7.09. The molecule has 1 aromatic rings. The van der Waals surface area contributed by atoms with Crippen molar-refractivity contribution >= 4 is 0 Å². The fourth-order valence-corrected chi connectivity index (χ4v) is 3.23. The smallest absolute Gasteiger partial charge is 0.0375 e. The van der Waals surface area contributed by atoms with Crippen LogP contribution in [-0.4, -0.2) is 54.6 Å². The summed E-state index contributed by atoms with van der Waals surface area (Å²) in [5.74, 6) is 0. The van der Waals surface area contributed by atoms with Crippen molar-refractivity contribution in [3.05, 3.63) is 35.9 Å². The molecule has 98 valence electrons. The highest BCUT2D eigenvalue weighted by atomic mass is 15.3. The first-order valence-corrected chi connectivity index (χ1v) is 7.09. The highest BCUT2D eigenvalue weighted by Crippen LogP contribution is 2.19. The van der Waals surface area contributed by atoms with Gasteiger partial charge < -0.3 is 5.73 Å². The lowest BCUT2D eigenvalue weighted by molar-refractivity contribution is 0.00148. The van der Waals surface area contributed by atoms with Gasteiger partial charge in [-0.3, -0.25) is 9.80 Å². The van der Waals surface area contributed by atoms with Crippen LogP contribution < -0.4 is 5.73 Å². The summed E-state index contributed by atoms with van der Waals surface area (Å²) in [5.41, 5.74) is 7.82. The van der Waals surface area contributed by atoms with Crippen molar-refractivity contribution in [3.8, 4) is 0 Å². The molecule has 0 aromatic heterocycles. The van der Waals surface area contributed by atoms with E-state index in [2.05, 4.69) is 40.1 Å². The van der Waals surface area contributed by atoms with Crippen LogP contribution in [0, 0.1) is 0 Å². The molecule has 18 heavy (non-hydrogen) atoms. The molecular formula is C15H23N3. The third kappa shape index (κ3) is 2.58. The van der Waals surface area contributed by atoms with E-state index in [1.165, 1.54) is 38.3 Å². The minimum Gasteiger partial charge on any atom is -0.326 e. The van der Waals surface area contributed by atoms with Crippen LogP contribution in [0.4, 0.5) is 0 Å². The van der Waals surface area contributed by atoms with E-state index in [-0.39, 0.29) is 0 Å². The van der Waals surface area contributed by atoms with Gasteiger partial charge >= 0.3 is 0 Å². The summed E-state index contributed by atoms with van der Waals surface area (Å²) in [6.07, 6.45) is 2.20. The van der Waals surface area contributed by atoms with E-state index in [1.54, 1.807) is 0 Å². The van der Waals surface area contributed by atoms with Gasteiger partial charge in [-0.25, -0.2) is 0 Å². The van der Waals surface area contributed by atoms with Crippen molar-refractivity contribution in [1.82, 2.24) is 9.80 Å². The number of hydrogen-bond acceptors (Lipinski definition) is 3. The van der Waals surface area contributed by atoms with Gasteiger partial charge in [-0.05, 0) is 18.4 Å². The Morgan fingerprint density at radius 1 is 1.11 bits per heavy atom. The van der Waals surface area contributed by atoms with Crippen LogP contribution in [0.25, 0.3) is 0 Å². The zero-order chi connectivity index (χ0) is 12.4. The average molecular weight is 245 g/mol.